The summed E-state index contributed by atoms with van der Waals surface area (Å²) in [5.74, 6) is 0. The number of hydrogen-bond donors (Lipinski definition) is 0. The minimum absolute atomic E-state index is 0.704. The van der Waals surface area contributed by atoms with Gasteiger partial charge < -0.3 is 13.6 Å². The van der Waals surface area contributed by atoms with Gasteiger partial charge in [0.15, 0.2) is 0 Å². The highest BCUT2D eigenvalue weighted by Gasteiger charge is 2.21. The van der Waals surface area contributed by atoms with Gasteiger partial charge in [-0.05, 0) is 64.2 Å². The predicted molar refractivity (Wildman–Crippen MR) is 217 cm³/mol. The molecule has 11 aromatic rings. The van der Waals surface area contributed by atoms with Crippen molar-refractivity contribution in [1.29, 1.82) is 0 Å². The summed E-state index contributed by atoms with van der Waals surface area (Å²) in [6.07, 6.45) is 0. The molecule has 0 unspecified atom stereocenters. The minimum atomic E-state index is 0.704. The second-order valence-electron chi connectivity index (χ2n) is 13.7. The lowest BCUT2D eigenvalue weighted by Gasteiger charge is -2.13. The average molecular weight is 665 g/mol. The number of rotatable bonds is 5. The summed E-state index contributed by atoms with van der Waals surface area (Å²) in [4.78, 5) is 0. The zero-order valence-corrected chi connectivity index (χ0v) is 28.3. The van der Waals surface area contributed by atoms with Gasteiger partial charge >= 0.3 is 0 Å². The van der Waals surface area contributed by atoms with Crippen LogP contribution in [0.15, 0.2) is 186 Å². The predicted octanol–water partition coefficient (Wildman–Crippen LogP) is 13.2. The molecule has 3 heterocycles. The summed E-state index contributed by atoms with van der Waals surface area (Å²) in [6.45, 7) is 0.704. The number of para-hydroxylation sites is 2. The molecule has 0 N–H and O–H groups in total. The summed E-state index contributed by atoms with van der Waals surface area (Å²) < 4.78 is 11.5. The van der Waals surface area contributed by atoms with Crippen LogP contribution in [-0.4, -0.2) is 9.13 Å². The van der Waals surface area contributed by atoms with Gasteiger partial charge in [-0.1, -0.05) is 146 Å². The van der Waals surface area contributed by atoms with E-state index >= 15 is 0 Å². The largest absolute Gasteiger partial charge is 0.456 e. The first-order valence-electron chi connectivity index (χ1n) is 17.9. The van der Waals surface area contributed by atoms with Crippen molar-refractivity contribution in [1.82, 2.24) is 9.13 Å². The molecule has 0 amide bonds. The van der Waals surface area contributed by atoms with Crippen LogP contribution >= 0.6 is 0 Å². The molecular formula is C49H32N2O. The van der Waals surface area contributed by atoms with E-state index in [-0.39, 0.29) is 0 Å². The van der Waals surface area contributed by atoms with Crippen LogP contribution < -0.4 is 0 Å². The van der Waals surface area contributed by atoms with Crippen molar-refractivity contribution in [2.45, 2.75) is 6.54 Å². The van der Waals surface area contributed by atoms with Gasteiger partial charge in [-0.3, -0.25) is 0 Å². The lowest BCUT2D eigenvalue weighted by atomic mass is 9.99. The van der Waals surface area contributed by atoms with Crippen molar-refractivity contribution in [3.8, 4) is 27.9 Å². The molecule has 0 aliphatic carbocycles. The molecule has 0 aliphatic rings. The van der Waals surface area contributed by atoms with Crippen molar-refractivity contribution in [2.75, 3.05) is 0 Å². The molecule has 8 aromatic carbocycles. The number of fused-ring (bicyclic) bond motifs is 10. The molecule has 0 spiro atoms. The van der Waals surface area contributed by atoms with Gasteiger partial charge in [0.05, 0.1) is 16.6 Å². The Morgan fingerprint density at radius 2 is 1.02 bits per heavy atom. The Balaban J connectivity index is 1.13. The normalized spacial score (nSPS) is 11.9. The van der Waals surface area contributed by atoms with Gasteiger partial charge in [0.2, 0.25) is 0 Å². The van der Waals surface area contributed by atoms with Crippen molar-refractivity contribution in [3.05, 3.63) is 188 Å². The van der Waals surface area contributed by atoms with E-state index < -0.39 is 0 Å². The number of aromatic nitrogens is 2. The molecule has 3 aromatic heterocycles. The maximum absolute atomic E-state index is 6.56. The first kappa shape index (κ1) is 28.9. The van der Waals surface area contributed by atoms with Gasteiger partial charge in [0.1, 0.15) is 11.2 Å². The van der Waals surface area contributed by atoms with E-state index in [2.05, 4.69) is 191 Å². The molecule has 0 atom stereocenters. The van der Waals surface area contributed by atoms with E-state index in [1.165, 1.54) is 71.4 Å². The molecule has 0 bridgehead atoms. The van der Waals surface area contributed by atoms with Gasteiger partial charge in [-0.2, -0.15) is 0 Å². The minimum Gasteiger partial charge on any atom is -0.456 e. The topological polar surface area (TPSA) is 23.0 Å². The van der Waals surface area contributed by atoms with Crippen molar-refractivity contribution in [3.63, 3.8) is 0 Å². The fourth-order valence-electron chi connectivity index (χ4n) is 8.46. The van der Waals surface area contributed by atoms with Crippen LogP contribution in [-0.2, 0) is 6.54 Å². The van der Waals surface area contributed by atoms with E-state index in [1.807, 2.05) is 0 Å². The standard InChI is InChI=1S/C49H32N2O/c1-3-12-33(13-4-1)34-23-25-36(26-24-34)51-44-20-10-8-17-39(44)41-29-28-40-38-16-7-9-19-43(38)50(48(40)49(41)51)31-32-22-27-42-46(30-32)52-45-21-11-18-37(47(42)45)35-14-5-2-6-15-35/h1-30H,31H2. The Morgan fingerprint density at radius 3 is 1.79 bits per heavy atom. The second-order valence-corrected chi connectivity index (χ2v) is 13.7. The molecular weight excluding hydrogens is 633 g/mol. The quantitative estimate of drug-likeness (QED) is 0.180. The van der Waals surface area contributed by atoms with Crippen molar-refractivity contribution < 1.29 is 4.42 Å². The van der Waals surface area contributed by atoms with Crippen LogP contribution in [0.1, 0.15) is 5.56 Å². The Kier molecular flexibility index (Phi) is 6.31. The fraction of sp³-hybridized carbons (Fsp3) is 0.0204. The van der Waals surface area contributed by atoms with E-state index in [0.29, 0.717) is 6.54 Å². The monoisotopic (exact) mass is 664 g/mol. The third-order valence-electron chi connectivity index (χ3n) is 10.8. The lowest BCUT2D eigenvalue weighted by Crippen LogP contribution is -2.02. The third-order valence-corrected chi connectivity index (χ3v) is 10.8. The number of furan rings is 1. The first-order chi connectivity index (χ1) is 25.8. The van der Waals surface area contributed by atoms with Gasteiger partial charge in [-0.25, -0.2) is 0 Å². The summed E-state index contributed by atoms with van der Waals surface area (Å²) >= 11 is 0. The number of hydrogen-bond acceptors (Lipinski definition) is 1. The summed E-state index contributed by atoms with van der Waals surface area (Å²) in [5.41, 5.74) is 13.9. The highest BCUT2D eigenvalue weighted by molar-refractivity contribution is 6.23. The highest BCUT2D eigenvalue weighted by Crippen LogP contribution is 2.42. The smallest absolute Gasteiger partial charge is 0.136 e. The van der Waals surface area contributed by atoms with E-state index in [1.54, 1.807) is 0 Å². The highest BCUT2D eigenvalue weighted by atomic mass is 16.3. The molecule has 244 valence electrons. The maximum Gasteiger partial charge on any atom is 0.136 e. The molecule has 3 heteroatoms. The van der Waals surface area contributed by atoms with E-state index in [9.17, 15) is 0 Å². The van der Waals surface area contributed by atoms with Crippen LogP contribution in [0.25, 0.3) is 93.5 Å². The summed E-state index contributed by atoms with van der Waals surface area (Å²) in [6, 6.07) is 65.6. The van der Waals surface area contributed by atoms with Gasteiger partial charge in [-0.15, -0.1) is 0 Å². The zero-order chi connectivity index (χ0) is 34.2. The van der Waals surface area contributed by atoms with E-state index in [4.69, 9.17) is 4.42 Å². The molecule has 0 radical (unpaired) electrons. The van der Waals surface area contributed by atoms with Crippen molar-refractivity contribution in [2.24, 2.45) is 0 Å². The molecule has 0 aliphatic heterocycles. The van der Waals surface area contributed by atoms with Crippen LogP contribution in [0.4, 0.5) is 0 Å². The van der Waals surface area contributed by atoms with Crippen LogP contribution in [0.2, 0.25) is 0 Å². The Bertz CT molecular complexity index is 3130. The lowest BCUT2D eigenvalue weighted by molar-refractivity contribution is 0.667. The molecule has 3 nitrogen and oxygen atoms in total. The molecule has 52 heavy (non-hydrogen) atoms. The van der Waals surface area contributed by atoms with Crippen LogP contribution in [0.5, 0.6) is 0 Å². The van der Waals surface area contributed by atoms with Crippen LogP contribution in [0.3, 0.4) is 0 Å². The molecule has 0 saturated carbocycles. The fourth-order valence-corrected chi connectivity index (χ4v) is 8.46. The third kappa shape index (κ3) is 4.33. The number of benzene rings is 8. The second kappa shape index (κ2) is 11.3. The SMILES string of the molecule is c1ccc(-c2ccc(-n3c4ccccc4c4ccc5c6ccccc6n(Cc6ccc7c(c6)oc6cccc(-c8ccccc8)c67)c5c43)cc2)cc1. The number of nitrogens with zero attached hydrogens (tertiary/aromatic N) is 2. The van der Waals surface area contributed by atoms with Crippen molar-refractivity contribution >= 4 is 65.6 Å². The molecule has 0 fully saturated rings. The average Bonchev–Trinajstić information content (AvgIpc) is 3.86. The summed E-state index contributed by atoms with van der Waals surface area (Å²) in [5, 5.41) is 7.32. The Labute approximate surface area is 300 Å². The maximum atomic E-state index is 6.56. The molecule has 11 rings (SSSR count). The van der Waals surface area contributed by atoms with Crippen LogP contribution in [0, 0.1) is 0 Å². The van der Waals surface area contributed by atoms with Gasteiger partial charge in [0, 0.05) is 50.1 Å². The Morgan fingerprint density at radius 1 is 0.404 bits per heavy atom. The molecule has 0 saturated heterocycles. The van der Waals surface area contributed by atoms with E-state index in [0.717, 1.165) is 27.6 Å². The zero-order valence-electron chi connectivity index (χ0n) is 28.3. The first-order valence-corrected chi connectivity index (χ1v) is 17.9. The van der Waals surface area contributed by atoms with Gasteiger partial charge in [0.25, 0.3) is 0 Å². The Hall–Kier alpha value is -6.84. The summed E-state index contributed by atoms with van der Waals surface area (Å²) in [7, 11) is 0.